The number of aryl methyl sites for hydroxylation is 1. The Bertz CT molecular complexity index is 404. The molecule has 0 aliphatic rings. The van der Waals surface area contributed by atoms with Crippen molar-refractivity contribution in [3.8, 4) is 0 Å². The number of nitrogens with one attached hydrogen (secondary N) is 1. The van der Waals surface area contributed by atoms with Crippen LogP contribution >= 0.6 is 11.6 Å². The van der Waals surface area contributed by atoms with Crippen molar-refractivity contribution in [1.82, 2.24) is 0 Å². The zero-order valence-electron chi connectivity index (χ0n) is 9.60. The van der Waals surface area contributed by atoms with Crippen molar-refractivity contribution in [3.63, 3.8) is 0 Å². The minimum atomic E-state index is -0.635. The van der Waals surface area contributed by atoms with E-state index in [1.165, 1.54) is 12.1 Å². The lowest BCUT2D eigenvalue weighted by atomic mass is 9.95. The van der Waals surface area contributed by atoms with Gasteiger partial charge in [-0.3, -0.25) is 4.79 Å². The molecule has 1 amide bonds. The number of benzene rings is 1. The van der Waals surface area contributed by atoms with E-state index in [-0.39, 0.29) is 17.6 Å². The van der Waals surface area contributed by atoms with Crippen LogP contribution in [0.4, 0.5) is 10.1 Å². The van der Waals surface area contributed by atoms with E-state index in [1.807, 2.05) is 0 Å². The Hall–Kier alpha value is -1.09. The Morgan fingerprint density at radius 3 is 2.62 bits per heavy atom. The van der Waals surface area contributed by atoms with Crippen LogP contribution in [0.5, 0.6) is 0 Å². The molecular formula is C12H15ClFNO. The van der Waals surface area contributed by atoms with E-state index in [0.29, 0.717) is 11.3 Å². The molecule has 0 bridgehead atoms. The summed E-state index contributed by atoms with van der Waals surface area (Å²) in [6.45, 7) is 5.16. The van der Waals surface area contributed by atoms with Crippen LogP contribution in [0.15, 0.2) is 18.2 Å². The molecule has 4 heteroatoms. The molecule has 0 aliphatic heterocycles. The molecule has 0 atom stereocenters. The fourth-order valence-corrected chi connectivity index (χ4v) is 1.20. The Morgan fingerprint density at radius 2 is 2.12 bits per heavy atom. The summed E-state index contributed by atoms with van der Waals surface area (Å²) in [6.07, 6.45) is 0. The lowest BCUT2D eigenvalue weighted by molar-refractivity contribution is -0.122. The Labute approximate surface area is 99.8 Å². The lowest BCUT2D eigenvalue weighted by Crippen LogP contribution is -2.32. The second-order valence-electron chi connectivity index (χ2n) is 4.44. The molecule has 1 rings (SSSR count). The van der Waals surface area contributed by atoms with Crippen molar-refractivity contribution in [1.29, 1.82) is 0 Å². The molecule has 0 saturated carbocycles. The lowest BCUT2D eigenvalue weighted by Gasteiger charge is -2.20. The van der Waals surface area contributed by atoms with Crippen molar-refractivity contribution in [2.24, 2.45) is 5.41 Å². The van der Waals surface area contributed by atoms with Gasteiger partial charge in [0.05, 0.1) is 5.41 Å². The second kappa shape index (κ2) is 4.83. The second-order valence-corrected chi connectivity index (χ2v) is 4.70. The zero-order valence-corrected chi connectivity index (χ0v) is 10.4. The minimum absolute atomic E-state index is 0.173. The average Bonchev–Trinajstić information content (AvgIpc) is 2.23. The van der Waals surface area contributed by atoms with Gasteiger partial charge in [0, 0.05) is 11.6 Å². The molecule has 0 radical (unpaired) electrons. The van der Waals surface area contributed by atoms with Crippen LogP contribution < -0.4 is 5.32 Å². The number of carbonyl (C=O) groups excluding carboxylic acids is 1. The third-order valence-electron chi connectivity index (χ3n) is 2.36. The van der Waals surface area contributed by atoms with Gasteiger partial charge in [0.25, 0.3) is 0 Å². The van der Waals surface area contributed by atoms with Crippen LogP contribution in [0.25, 0.3) is 0 Å². The van der Waals surface area contributed by atoms with Gasteiger partial charge in [-0.05, 0) is 44.5 Å². The normalized spacial score (nSPS) is 11.3. The summed E-state index contributed by atoms with van der Waals surface area (Å²) < 4.78 is 13.0. The van der Waals surface area contributed by atoms with Gasteiger partial charge in [0.1, 0.15) is 5.82 Å². The maximum Gasteiger partial charge on any atom is 0.231 e. The summed E-state index contributed by atoms with van der Waals surface area (Å²) in [5.41, 5.74) is 0.452. The summed E-state index contributed by atoms with van der Waals surface area (Å²) in [5.74, 6) is -0.220. The monoisotopic (exact) mass is 243 g/mol. The summed E-state index contributed by atoms with van der Waals surface area (Å²) in [7, 11) is 0. The molecule has 1 aromatic rings. The van der Waals surface area contributed by atoms with Crippen molar-refractivity contribution in [2.75, 3.05) is 11.2 Å². The summed E-state index contributed by atoms with van der Waals surface area (Å²) in [5, 5.41) is 2.71. The molecule has 0 fully saturated rings. The molecule has 0 saturated heterocycles. The highest BCUT2D eigenvalue weighted by Crippen LogP contribution is 2.21. The minimum Gasteiger partial charge on any atom is -0.326 e. The Balaban J connectivity index is 2.82. The first-order valence-corrected chi connectivity index (χ1v) is 5.54. The van der Waals surface area contributed by atoms with Gasteiger partial charge in [-0.1, -0.05) is 0 Å². The maximum atomic E-state index is 13.0. The van der Waals surface area contributed by atoms with E-state index in [1.54, 1.807) is 26.8 Å². The molecule has 0 heterocycles. The van der Waals surface area contributed by atoms with E-state index in [2.05, 4.69) is 5.32 Å². The summed E-state index contributed by atoms with van der Waals surface area (Å²) in [6, 6.07) is 4.46. The highest BCUT2D eigenvalue weighted by Gasteiger charge is 2.26. The molecule has 1 aromatic carbocycles. The molecule has 0 unspecified atom stereocenters. The van der Waals surface area contributed by atoms with Crippen LogP contribution in [0, 0.1) is 18.2 Å². The van der Waals surface area contributed by atoms with Crippen LogP contribution in [0.2, 0.25) is 0 Å². The molecular weight excluding hydrogens is 229 g/mol. The smallest absolute Gasteiger partial charge is 0.231 e. The van der Waals surface area contributed by atoms with Gasteiger partial charge in [0.2, 0.25) is 5.91 Å². The number of halogens is 2. The molecule has 16 heavy (non-hydrogen) atoms. The van der Waals surface area contributed by atoms with Crippen molar-refractivity contribution in [3.05, 3.63) is 29.6 Å². The predicted octanol–water partition coefficient (Wildman–Crippen LogP) is 3.34. The van der Waals surface area contributed by atoms with Crippen LogP contribution in [-0.2, 0) is 4.79 Å². The maximum absolute atomic E-state index is 13.0. The molecule has 2 nitrogen and oxygen atoms in total. The van der Waals surface area contributed by atoms with Gasteiger partial charge in [-0.25, -0.2) is 4.39 Å². The Kier molecular flexibility index (Phi) is 3.92. The largest absolute Gasteiger partial charge is 0.326 e. The topological polar surface area (TPSA) is 29.1 Å². The van der Waals surface area contributed by atoms with E-state index in [4.69, 9.17) is 11.6 Å². The quantitative estimate of drug-likeness (QED) is 0.811. The number of hydrogen-bond donors (Lipinski definition) is 1. The summed E-state index contributed by atoms with van der Waals surface area (Å²) in [4.78, 5) is 11.8. The Morgan fingerprint density at radius 1 is 1.50 bits per heavy atom. The fourth-order valence-electron chi connectivity index (χ4n) is 1.08. The number of rotatable bonds is 3. The first-order chi connectivity index (χ1) is 7.36. The predicted molar refractivity (Wildman–Crippen MR) is 64.3 cm³/mol. The SMILES string of the molecule is Cc1cc(NC(=O)C(C)(C)CCl)ccc1F. The van der Waals surface area contributed by atoms with Crippen LogP contribution in [0.3, 0.4) is 0 Å². The molecule has 0 aromatic heterocycles. The van der Waals surface area contributed by atoms with E-state index in [9.17, 15) is 9.18 Å². The van der Waals surface area contributed by atoms with Crippen molar-refractivity contribution >= 4 is 23.2 Å². The summed E-state index contributed by atoms with van der Waals surface area (Å²) >= 11 is 5.69. The molecule has 0 spiro atoms. The molecule has 88 valence electrons. The van der Waals surface area contributed by atoms with Gasteiger partial charge in [-0.15, -0.1) is 11.6 Å². The van der Waals surface area contributed by atoms with Gasteiger partial charge < -0.3 is 5.32 Å². The van der Waals surface area contributed by atoms with Gasteiger partial charge >= 0.3 is 0 Å². The highest BCUT2D eigenvalue weighted by atomic mass is 35.5. The number of carbonyl (C=O) groups is 1. The van der Waals surface area contributed by atoms with Crippen LogP contribution in [0.1, 0.15) is 19.4 Å². The number of alkyl halides is 1. The number of amides is 1. The standard InChI is InChI=1S/C12H15ClFNO/c1-8-6-9(4-5-10(8)14)15-11(16)12(2,3)7-13/h4-6H,7H2,1-3H3,(H,15,16). The third kappa shape index (κ3) is 2.95. The van der Waals surface area contributed by atoms with Gasteiger partial charge in [-0.2, -0.15) is 0 Å². The van der Waals surface area contributed by atoms with E-state index in [0.717, 1.165) is 0 Å². The zero-order chi connectivity index (χ0) is 12.3. The fraction of sp³-hybridized carbons (Fsp3) is 0.417. The first-order valence-electron chi connectivity index (χ1n) is 5.00. The van der Waals surface area contributed by atoms with Crippen LogP contribution in [-0.4, -0.2) is 11.8 Å². The van der Waals surface area contributed by atoms with E-state index >= 15 is 0 Å². The van der Waals surface area contributed by atoms with Gasteiger partial charge in [0.15, 0.2) is 0 Å². The van der Waals surface area contributed by atoms with Crippen molar-refractivity contribution < 1.29 is 9.18 Å². The first kappa shape index (κ1) is 13.0. The molecule has 1 N–H and O–H groups in total. The number of hydrogen-bond acceptors (Lipinski definition) is 1. The average molecular weight is 244 g/mol. The third-order valence-corrected chi connectivity index (χ3v) is 3.03. The highest BCUT2D eigenvalue weighted by molar-refractivity contribution is 6.20. The molecule has 0 aliphatic carbocycles. The van der Waals surface area contributed by atoms with Crippen molar-refractivity contribution in [2.45, 2.75) is 20.8 Å². The van der Waals surface area contributed by atoms with E-state index < -0.39 is 5.41 Å². The number of anilines is 1.